The number of alkyl halides is 3. The molecule has 0 fully saturated rings. The second-order valence-electron chi connectivity index (χ2n) is 9.97. The van der Waals surface area contributed by atoms with Gasteiger partial charge >= 0.3 is 12.1 Å². The number of nitrogens with zero attached hydrogens (tertiary/aromatic N) is 3. The molecule has 2 heterocycles. The molecule has 0 radical (unpaired) electrons. The quantitative estimate of drug-likeness (QED) is 0.158. The third-order valence-electron chi connectivity index (χ3n) is 6.96. The molecule has 5 rings (SSSR count). The Morgan fingerprint density at radius 3 is 2.40 bits per heavy atom. The Balaban J connectivity index is 0.00000226. The Kier molecular flexibility index (Phi) is 10.6. The molecule has 0 bridgehead atoms. The van der Waals surface area contributed by atoms with Crippen LogP contribution in [0.4, 0.5) is 17.6 Å². The molecule has 0 saturated carbocycles. The minimum atomic E-state index is -4.68. The number of hydrogen-bond donors (Lipinski definition) is 1. The summed E-state index contributed by atoms with van der Waals surface area (Å²) < 4.78 is 69.8. The summed E-state index contributed by atoms with van der Waals surface area (Å²) in [6.07, 6.45) is -4.84. The first-order chi connectivity index (χ1) is 21.5. The average molecular weight is 624 g/mol. The van der Waals surface area contributed by atoms with E-state index in [0.29, 0.717) is 22.4 Å². The zero-order valence-corrected chi connectivity index (χ0v) is 25.3. The molecule has 0 spiro atoms. The number of benzene rings is 3. The van der Waals surface area contributed by atoms with Crippen LogP contribution in [0.3, 0.4) is 0 Å². The summed E-state index contributed by atoms with van der Waals surface area (Å²) in [4.78, 5) is 20.4. The number of hydrogen-bond acceptors (Lipinski definition) is 5. The number of carboxylic acid groups (broad SMARTS) is 1. The first-order valence-electron chi connectivity index (χ1n) is 14.3. The fourth-order valence-corrected chi connectivity index (χ4v) is 4.77. The van der Waals surface area contributed by atoms with Crippen molar-refractivity contribution in [2.24, 2.45) is 0 Å². The molecule has 236 valence electrons. The maximum absolute atomic E-state index is 14.4. The highest BCUT2D eigenvalue weighted by Crippen LogP contribution is 2.36. The zero-order valence-electron chi connectivity index (χ0n) is 25.3. The van der Waals surface area contributed by atoms with Gasteiger partial charge in [0.2, 0.25) is 5.88 Å². The van der Waals surface area contributed by atoms with E-state index in [-0.39, 0.29) is 54.4 Å². The number of carboxylic acids is 1. The number of rotatable bonds is 10. The Hall–Kier alpha value is -4.77. The van der Waals surface area contributed by atoms with Crippen molar-refractivity contribution < 1.29 is 36.9 Å². The van der Waals surface area contributed by atoms with Gasteiger partial charge in [0.25, 0.3) is 0 Å². The molecule has 7 nitrogen and oxygen atoms in total. The second kappa shape index (κ2) is 14.3. The molecule has 5 aromatic rings. The zero-order chi connectivity index (χ0) is 32.7. The maximum atomic E-state index is 14.4. The SMILES string of the molecule is CC.COCCn1c(Cc2ccc(-c3cccc(OCc4ccc(C)cc4F)n3)cc2C(F)(F)F)nc2ccc(C(=O)O)cc21. The molecule has 0 amide bonds. The fraction of sp³-hybridized carbons (Fsp3) is 0.265. The number of carbonyl (C=O) groups is 1. The van der Waals surface area contributed by atoms with Crippen molar-refractivity contribution in [1.82, 2.24) is 14.5 Å². The first-order valence-corrected chi connectivity index (χ1v) is 14.3. The van der Waals surface area contributed by atoms with Crippen LogP contribution in [0.5, 0.6) is 5.88 Å². The number of ether oxygens (including phenoxy) is 2. The Labute approximate surface area is 258 Å². The second-order valence-corrected chi connectivity index (χ2v) is 9.97. The fourth-order valence-electron chi connectivity index (χ4n) is 4.77. The van der Waals surface area contributed by atoms with Crippen LogP contribution in [-0.4, -0.2) is 39.3 Å². The molecule has 2 aromatic heterocycles. The van der Waals surface area contributed by atoms with E-state index in [2.05, 4.69) is 9.97 Å². The van der Waals surface area contributed by atoms with E-state index >= 15 is 0 Å². The molecule has 0 aliphatic heterocycles. The lowest BCUT2D eigenvalue weighted by Gasteiger charge is -2.16. The van der Waals surface area contributed by atoms with Gasteiger partial charge in [-0.25, -0.2) is 19.2 Å². The minimum absolute atomic E-state index is 0.00840. The van der Waals surface area contributed by atoms with Gasteiger partial charge in [-0.05, 0) is 54.4 Å². The number of halogens is 4. The molecule has 3 aromatic carbocycles. The van der Waals surface area contributed by atoms with Crippen molar-refractivity contribution in [3.8, 4) is 17.1 Å². The number of pyridine rings is 1. The summed E-state index contributed by atoms with van der Waals surface area (Å²) >= 11 is 0. The average Bonchev–Trinajstić information content (AvgIpc) is 3.36. The molecule has 45 heavy (non-hydrogen) atoms. The third-order valence-corrected chi connectivity index (χ3v) is 6.96. The van der Waals surface area contributed by atoms with Crippen molar-refractivity contribution in [2.45, 2.75) is 46.5 Å². The van der Waals surface area contributed by atoms with Crippen LogP contribution in [0.25, 0.3) is 22.3 Å². The van der Waals surface area contributed by atoms with Crippen LogP contribution in [0, 0.1) is 12.7 Å². The minimum Gasteiger partial charge on any atom is -0.478 e. The van der Waals surface area contributed by atoms with Crippen LogP contribution >= 0.6 is 0 Å². The van der Waals surface area contributed by atoms with Gasteiger partial charge in [0.05, 0.1) is 34.5 Å². The highest BCUT2D eigenvalue weighted by Gasteiger charge is 2.34. The van der Waals surface area contributed by atoms with Crippen LogP contribution in [0.1, 0.15) is 52.3 Å². The predicted molar refractivity (Wildman–Crippen MR) is 163 cm³/mol. The summed E-state index contributed by atoms with van der Waals surface area (Å²) in [6.45, 7) is 6.20. The third kappa shape index (κ3) is 7.85. The van der Waals surface area contributed by atoms with Gasteiger partial charge in [0.15, 0.2) is 0 Å². The largest absolute Gasteiger partial charge is 0.478 e. The van der Waals surface area contributed by atoms with Crippen molar-refractivity contribution in [3.05, 3.63) is 112 Å². The monoisotopic (exact) mass is 623 g/mol. The summed E-state index contributed by atoms with van der Waals surface area (Å²) in [7, 11) is 1.50. The number of imidazole rings is 1. The van der Waals surface area contributed by atoms with Gasteiger partial charge in [0.1, 0.15) is 18.2 Å². The van der Waals surface area contributed by atoms with E-state index in [9.17, 15) is 27.5 Å². The van der Waals surface area contributed by atoms with Crippen molar-refractivity contribution in [2.75, 3.05) is 13.7 Å². The van der Waals surface area contributed by atoms with E-state index in [1.165, 1.54) is 37.4 Å². The summed E-state index contributed by atoms with van der Waals surface area (Å²) in [6, 6.07) is 17.8. The molecule has 0 aliphatic carbocycles. The van der Waals surface area contributed by atoms with Gasteiger partial charge in [-0.1, -0.05) is 44.2 Å². The van der Waals surface area contributed by atoms with Crippen molar-refractivity contribution in [1.29, 1.82) is 0 Å². The van der Waals surface area contributed by atoms with Crippen LogP contribution in [0.15, 0.2) is 72.8 Å². The molecule has 11 heteroatoms. The normalized spacial score (nSPS) is 11.3. The number of aromatic nitrogens is 3. The lowest BCUT2D eigenvalue weighted by Crippen LogP contribution is -2.13. The number of methoxy groups -OCH3 is 1. The number of fused-ring (bicyclic) bond motifs is 1. The van der Waals surface area contributed by atoms with E-state index in [1.54, 1.807) is 47.9 Å². The molecule has 0 aliphatic rings. The molecular formula is C34H33F4N3O4. The van der Waals surface area contributed by atoms with Crippen LogP contribution in [0.2, 0.25) is 0 Å². The van der Waals surface area contributed by atoms with Crippen molar-refractivity contribution in [3.63, 3.8) is 0 Å². The molecule has 1 N–H and O–H groups in total. The molecule has 0 atom stereocenters. The molecule has 0 unspecified atom stereocenters. The van der Waals surface area contributed by atoms with E-state index in [4.69, 9.17) is 9.47 Å². The maximum Gasteiger partial charge on any atom is 0.416 e. The summed E-state index contributed by atoms with van der Waals surface area (Å²) in [5.74, 6) is -1.06. The summed E-state index contributed by atoms with van der Waals surface area (Å²) in [5, 5.41) is 9.41. The first kappa shape index (κ1) is 33.1. The number of aryl methyl sites for hydroxylation is 1. The van der Waals surface area contributed by atoms with Gasteiger partial charge in [0, 0.05) is 37.3 Å². The van der Waals surface area contributed by atoms with Gasteiger partial charge in [-0.15, -0.1) is 0 Å². The topological polar surface area (TPSA) is 86.5 Å². The van der Waals surface area contributed by atoms with Gasteiger partial charge < -0.3 is 19.1 Å². The van der Waals surface area contributed by atoms with Gasteiger partial charge in [-0.3, -0.25) is 0 Å². The Bertz CT molecular complexity index is 1800. The smallest absolute Gasteiger partial charge is 0.416 e. The Morgan fingerprint density at radius 1 is 0.956 bits per heavy atom. The lowest BCUT2D eigenvalue weighted by atomic mass is 9.99. The van der Waals surface area contributed by atoms with Crippen LogP contribution < -0.4 is 4.74 Å². The predicted octanol–water partition coefficient (Wildman–Crippen LogP) is 8.11. The van der Waals surface area contributed by atoms with Gasteiger partial charge in [-0.2, -0.15) is 13.2 Å². The van der Waals surface area contributed by atoms with E-state index in [1.807, 2.05) is 13.8 Å². The standard InChI is InChI=1S/C32H27F4N3O4.C2H6/c1-19-6-7-23(25(33)14-19)18-43-30-5-3-4-26(38-30)21-9-8-20(24(15-21)32(34,35)36)17-29-37-27-11-10-22(31(40)41)16-28(27)39(29)12-13-42-2;1-2/h3-11,14-16H,12-13,17-18H2,1-2H3,(H,40,41);1-2H3. The molecular weight excluding hydrogens is 590 g/mol. The lowest BCUT2D eigenvalue weighted by molar-refractivity contribution is -0.138. The van der Waals surface area contributed by atoms with E-state index < -0.39 is 23.5 Å². The highest BCUT2D eigenvalue weighted by atomic mass is 19.4. The van der Waals surface area contributed by atoms with Crippen molar-refractivity contribution >= 4 is 17.0 Å². The van der Waals surface area contributed by atoms with E-state index in [0.717, 1.165) is 11.6 Å². The highest BCUT2D eigenvalue weighted by molar-refractivity contribution is 5.92. The number of aromatic carboxylic acids is 1. The Morgan fingerprint density at radius 2 is 1.71 bits per heavy atom. The summed E-state index contributed by atoms with van der Waals surface area (Å²) in [5.41, 5.74) is 1.72. The molecule has 0 saturated heterocycles. The van der Waals surface area contributed by atoms with Crippen LogP contribution in [-0.2, 0) is 30.5 Å².